The summed E-state index contributed by atoms with van der Waals surface area (Å²) in [5, 5.41) is 10.3. The molecular weight excluding hydrogens is 388 g/mol. The van der Waals surface area contributed by atoms with Crippen molar-refractivity contribution in [2.45, 2.75) is 6.92 Å². The summed E-state index contributed by atoms with van der Waals surface area (Å²) in [5.74, 6) is -0.519. The zero-order chi connectivity index (χ0) is 20.4. The van der Waals surface area contributed by atoms with Gasteiger partial charge in [-0.15, -0.1) is 0 Å². The van der Waals surface area contributed by atoms with Crippen LogP contribution in [0.1, 0.15) is 11.3 Å². The minimum atomic E-state index is -0.697. The van der Waals surface area contributed by atoms with E-state index in [9.17, 15) is 24.5 Å². The maximum absolute atomic E-state index is 12.3. The molecule has 3 rings (SSSR count). The van der Waals surface area contributed by atoms with Crippen LogP contribution in [-0.4, -0.2) is 40.6 Å². The first-order chi connectivity index (χ1) is 13.3. The Labute approximate surface area is 163 Å². The molecule has 1 aliphatic heterocycles. The van der Waals surface area contributed by atoms with Gasteiger partial charge in [-0.3, -0.25) is 29.4 Å². The molecule has 2 heterocycles. The molecule has 2 aromatic rings. The van der Waals surface area contributed by atoms with Gasteiger partial charge < -0.3 is 9.15 Å². The number of aryl methyl sites for hydroxylation is 1. The van der Waals surface area contributed by atoms with Gasteiger partial charge in [-0.05, 0) is 43.0 Å². The van der Waals surface area contributed by atoms with Gasteiger partial charge in [0.05, 0.1) is 16.9 Å². The fourth-order valence-corrected chi connectivity index (χ4v) is 3.38. The molecule has 1 aromatic carbocycles. The number of carbonyl (C=O) groups is 3. The van der Waals surface area contributed by atoms with Gasteiger partial charge >= 0.3 is 5.97 Å². The van der Waals surface area contributed by atoms with E-state index >= 15 is 0 Å². The molecule has 144 valence electrons. The number of methoxy groups -OCH3 is 1. The van der Waals surface area contributed by atoms with Crippen molar-refractivity contribution in [1.29, 1.82) is 0 Å². The Kier molecular flexibility index (Phi) is 5.32. The predicted octanol–water partition coefficient (Wildman–Crippen LogP) is 3.37. The standard InChI is InChI=1S/C18H14N2O7S/c1-10-7-11(3-5-13(10)20(24)25)14-6-4-12(27-14)8-15-17(22)19(18(23)28-15)9-16(21)26-2/h3-8H,9H2,1-2H3/b15-8-. The maximum atomic E-state index is 12.3. The number of imide groups is 1. The Balaban J connectivity index is 1.82. The highest BCUT2D eigenvalue weighted by atomic mass is 32.2. The van der Waals surface area contributed by atoms with Gasteiger partial charge in [-0.2, -0.15) is 0 Å². The number of ether oxygens (including phenoxy) is 1. The minimum Gasteiger partial charge on any atom is -0.468 e. The number of amides is 2. The molecule has 10 heteroatoms. The normalized spacial score (nSPS) is 15.4. The molecule has 0 N–H and O–H groups in total. The van der Waals surface area contributed by atoms with Crippen molar-refractivity contribution >= 4 is 40.6 Å². The number of thioether (sulfide) groups is 1. The van der Waals surface area contributed by atoms with Crippen LogP contribution in [0.3, 0.4) is 0 Å². The lowest BCUT2D eigenvalue weighted by atomic mass is 10.1. The summed E-state index contributed by atoms with van der Waals surface area (Å²) in [4.78, 5) is 46.9. The van der Waals surface area contributed by atoms with Crippen molar-refractivity contribution in [2.75, 3.05) is 13.7 Å². The SMILES string of the molecule is COC(=O)CN1C(=O)S/C(=C\c2ccc(-c3ccc([N+](=O)[O-])c(C)c3)o2)C1=O. The number of carbonyl (C=O) groups excluding carboxylic acids is 3. The molecule has 0 saturated carbocycles. The van der Waals surface area contributed by atoms with E-state index < -0.39 is 28.6 Å². The van der Waals surface area contributed by atoms with Crippen molar-refractivity contribution in [2.24, 2.45) is 0 Å². The van der Waals surface area contributed by atoms with Gasteiger partial charge in [0.1, 0.15) is 18.1 Å². The van der Waals surface area contributed by atoms with E-state index in [1.165, 1.54) is 19.3 Å². The molecule has 2 amide bonds. The molecule has 0 aliphatic carbocycles. The fourth-order valence-electron chi connectivity index (χ4n) is 2.56. The molecule has 0 atom stereocenters. The number of rotatable bonds is 5. The number of nitrogens with zero attached hydrogens (tertiary/aromatic N) is 2. The van der Waals surface area contributed by atoms with Crippen molar-refractivity contribution in [1.82, 2.24) is 4.90 Å². The second-order valence-electron chi connectivity index (χ2n) is 5.80. The lowest BCUT2D eigenvalue weighted by Gasteiger charge is -2.09. The Morgan fingerprint density at radius 3 is 2.71 bits per heavy atom. The molecule has 0 unspecified atom stereocenters. The third kappa shape index (κ3) is 3.81. The van der Waals surface area contributed by atoms with E-state index in [1.54, 1.807) is 31.2 Å². The van der Waals surface area contributed by atoms with E-state index in [2.05, 4.69) is 4.74 Å². The molecule has 1 aromatic heterocycles. The van der Waals surface area contributed by atoms with E-state index in [4.69, 9.17) is 4.42 Å². The number of furan rings is 1. The molecule has 9 nitrogen and oxygen atoms in total. The second-order valence-corrected chi connectivity index (χ2v) is 6.80. The molecule has 0 radical (unpaired) electrons. The van der Waals surface area contributed by atoms with Crippen LogP contribution in [0.15, 0.2) is 39.7 Å². The Morgan fingerprint density at radius 1 is 1.32 bits per heavy atom. The van der Waals surface area contributed by atoms with Crippen molar-refractivity contribution in [3.05, 3.63) is 56.7 Å². The number of esters is 1. The van der Waals surface area contributed by atoms with Crippen LogP contribution in [0.5, 0.6) is 0 Å². The van der Waals surface area contributed by atoms with E-state index in [0.717, 1.165) is 4.90 Å². The lowest BCUT2D eigenvalue weighted by molar-refractivity contribution is -0.385. The van der Waals surface area contributed by atoms with Crippen LogP contribution in [-0.2, 0) is 14.3 Å². The van der Waals surface area contributed by atoms with Crippen LogP contribution in [0, 0.1) is 17.0 Å². The predicted molar refractivity (Wildman–Crippen MR) is 100 cm³/mol. The fraction of sp³-hybridized carbons (Fsp3) is 0.167. The lowest BCUT2D eigenvalue weighted by Crippen LogP contribution is -2.34. The Hall–Kier alpha value is -3.40. The molecule has 0 bridgehead atoms. The van der Waals surface area contributed by atoms with Gasteiger partial charge in [0.25, 0.3) is 16.8 Å². The highest BCUT2D eigenvalue weighted by Gasteiger charge is 2.36. The summed E-state index contributed by atoms with van der Waals surface area (Å²) >= 11 is 0.698. The Morgan fingerprint density at radius 2 is 2.07 bits per heavy atom. The first-order valence-electron chi connectivity index (χ1n) is 7.97. The first kappa shape index (κ1) is 19.4. The largest absolute Gasteiger partial charge is 0.468 e. The van der Waals surface area contributed by atoms with Gasteiger partial charge in [-0.25, -0.2) is 0 Å². The topological polar surface area (TPSA) is 120 Å². The second kappa shape index (κ2) is 7.69. The number of hydrogen-bond donors (Lipinski definition) is 0. The van der Waals surface area contributed by atoms with Crippen LogP contribution in [0.25, 0.3) is 17.4 Å². The number of nitro benzene ring substituents is 1. The highest BCUT2D eigenvalue weighted by molar-refractivity contribution is 8.18. The molecule has 1 aliphatic rings. The van der Waals surface area contributed by atoms with Crippen molar-refractivity contribution < 1.29 is 28.5 Å². The molecule has 28 heavy (non-hydrogen) atoms. The van der Waals surface area contributed by atoms with E-state index in [0.29, 0.717) is 34.4 Å². The van der Waals surface area contributed by atoms with Gasteiger partial charge in [0, 0.05) is 23.3 Å². The smallest absolute Gasteiger partial charge is 0.325 e. The van der Waals surface area contributed by atoms with Crippen LogP contribution in [0.4, 0.5) is 10.5 Å². The van der Waals surface area contributed by atoms with Gasteiger partial charge in [0.15, 0.2) is 0 Å². The quantitative estimate of drug-likeness (QED) is 0.323. The summed E-state index contributed by atoms with van der Waals surface area (Å²) in [7, 11) is 1.17. The van der Waals surface area contributed by atoms with Crippen molar-refractivity contribution in [3.8, 4) is 11.3 Å². The first-order valence-corrected chi connectivity index (χ1v) is 8.79. The molecule has 1 saturated heterocycles. The summed E-state index contributed by atoms with van der Waals surface area (Å²) in [6, 6.07) is 7.86. The third-order valence-corrected chi connectivity index (χ3v) is 4.87. The minimum absolute atomic E-state index is 0.00908. The third-order valence-electron chi connectivity index (χ3n) is 3.97. The zero-order valence-corrected chi connectivity index (χ0v) is 15.6. The van der Waals surface area contributed by atoms with Crippen molar-refractivity contribution in [3.63, 3.8) is 0 Å². The average Bonchev–Trinajstić information content (AvgIpc) is 3.21. The van der Waals surface area contributed by atoms with Crippen LogP contribution < -0.4 is 0 Å². The molecule has 1 fully saturated rings. The number of hydrogen-bond acceptors (Lipinski definition) is 8. The monoisotopic (exact) mass is 402 g/mol. The zero-order valence-electron chi connectivity index (χ0n) is 14.8. The molecule has 0 spiro atoms. The average molecular weight is 402 g/mol. The number of benzene rings is 1. The maximum Gasteiger partial charge on any atom is 0.325 e. The van der Waals surface area contributed by atoms with Crippen LogP contribution >= 0.6 is 11.8 Å². The Bertz CT molecular complexity index is 1020. The number of nitro groups is 1. The summed E-state index contributed by atoms with van der Waals surface area (Å²) in [5.41, 5.74) is 1.14. The summed E-state index contributed by atoms with van der Waals surface area (Å²) in [6.45, 7) is 1.17. The highest BCUT2D eigenvalue weighted by Crippen LogP contribution is 2.33. The van der Waals surface area contributed by atoms with Gasteiger partial charge in [-0.1, -0.05) is 0 Å². The summed E-state index contributed by atoms with van der Waals surface area (Å²) in [6.07, 6.45) is 1.41. The van der Waals surface area contributed by atoms with Crippen LogP contribution in [0.2, 0.25) is 0 Å². The van der Waals surface area contributed by atoms with E-state index in [1.807, 2.05) is 0 Å². The van der Waals surface area contributed by atoms with Gasteiger partial charge in [0.2, 0.25) is 0 Å². The summed E-state index contributed by atoms with van der Waals surface area (Å²) < 4.78 is 10.1. The van der Waals surface area contributed by atoms with E-state index in [-0.39, 0.29) is 10.6 Å². The molecular formula is C18H14N2O7S.